The minimum Gasteiger partial charge on any atom is -0.370 e. The van der Waals surface area contributed by atoms with E-state index in [1.165, 1.54) is 0 Å². The van der Waals surface area contributed by atoms with E-state index in [1.54, 1.807) is 6.08 Å². The maximum absolute atomic E-state index is 11.9. The average molecular weight is 339 g/mol. The molecule has 0 bridgehead atoms. The van der Waals surface area contributed by atoms with Crippen LogP contribution in [0.5, 0.6) is 0 Å². The summed E-state index contributed by atoms with van der Waals surface area (Å²) in [6.07, 6.45) is 3.38. The number of carbonyl (C=O) groups excluding carboxylic acids is 1. The van der Waals surface area contributed by atoms with Gasteiger partial charge in [-0.15, -0.1) is 0 Å². The Bertz CT molecular complexity index is 742. The highest BCUT2D eigenvalue weighted by atomic mass is 16.1. The molecule has 0 atom stereocenters. The first kappa shape index (κ1) is 18.4. The summed E-state index contributed by atoms with van der Waals surface area (Å²) in [5.41, 5.74) is 2.19. The molecule has 0 saturated heterocycles. The first-order chi connectivity index (χ1) is 12.1. The molecule has 0 unspecified atom stereocenters. The van der Waals surface area contributed by atoms with Crippen LogP contribution in [0.3, 0.4) is 0 Å². The molecule has 132 valence electrons. The van der Waals surface area contributed by atoms with Gasteiger partial charge in [-0.05, 0) is 38.0 Å². The minimum atomic E-state index is -0.114. The lowest BCUT2D eigenvalue weighted by atomic mass is 10.1. The van der Waals surface area contributed by atoms with Crippen LogP contribution in [0.2, 0.25) is 0 Å². The van der Waals surface area contributed by atoms with Crippen molar-refractivity contribution in [2.75, 3.05) is 30.3 Å². The van der Waals surface area contributed by atoms with Crippen molar-refractivity contribution >= 4 is 23.6 Å². The van der Waals surface area contributed by atoms with Gasteiger partial charge < -0.3 is 16.0 Å². The number of carbonyl (C=O) groups is 1. The van der Waals surface area contributed by atoms with Gasteiger partial charge in [0.15, 0.2) is 0 Å². The van der Waals surface area contributed by atoms with Crippen LogP contribution in [0.1, 0.15) is 23.9 Å². The molecule has 0 radical (unpaired) electrons. The molecule has 6 heteroatoms. The Labute approximate surface area is 148 Å². The lowest BCUT2D eigenvalue weighted by Crippen LogP contribution is -2.27. The SMILES string of the molecule is CCNc1cc(NCCNC(=O)/C=C/c2ccccc2C)nc(C)n1. The van der Waals surface area contributed by atoms with Gasteiger partial charge in [0.1, 0.15) is 17.5 Å². The van der Waals surface area contributed by atoms with Gasteiger partial charge in [-0.2, -0.15) is 0 Å². The fourth-order valence-electron chi connectivity index (χ4n) is 2.30. The van der Waals surface area contributed by atoms with Gasteiger partial charge in [-0.25, -0.2) is 9.97 Å². The zero-order valence-corrected chi connectivity index (χ0v) is 15.0. The first-order valence-electron chi connectivity index (χ1n) is 8.43. The van der Waals surface area contributed by atoms with Crippen LogP contribution in [0, 0.1) is 13.8 Å². The number of nitrogens with one attached hydrogen (secondary N) is 3. The van der Waals surface area contributed by atoms with Gasteiger partial charge >= 0.3 is 0 Å². The average Bonchev–Trinajstić information content (AvgIpc) is 2.58. The lowest BCUT2D eigenvalue weighted by Gasteiger charge is -2.09. The molecule has 0 aliphatic heterocycles. The summed E-state index contributed by atoms with van der Waals surface area (Å²) >= 11 is 0. The third-order valence-electron chi connectivity index (χ3n) is 3.53. The normalized spacial score (nSPS) is 10.7. The van der Waals surface area contributed by atoms with Crippen molar-refractivity contribution in [2.24, 2.45) is 0 Å². The number of hydrogen-bond acceptors (Lipinski definition) is 5. The molecule has 0 saturated carbocycles. The van der Waals surface area contributed by atoms with Gasteiger partial charge in [0.25, 0.3) is 0 Å². The van der Waals surface area contributed by atoms with E-state index in [1.807, 2.05) is 57.2 Å². The third kappa shape index (κ3) is 6.25. The molecule has 0 aliphatic rings. The van der Waals surface area contributed by atoms with Crippen molar-refractivity contribution in [2.45, 2.75) is 20.8 Å². The Hall–Kier alpha value is -2.89. The number of amides is 1. The molecule has 1 heterocycles. The molecular weight excluding hydrogens is 314 g/mol. The Morgan fingerprint density at radius 1 is 1.08 bits per heavy atom. The lowest BCUT2D eigenvalue weighted by molar-refractivity contribution is -0.116. The van der Waals surface area contributed by atoms with E-state index in [9.17, 15) is 4.79 Å². The van der Waals surface area contributed by atoms with Gasteiger partial charge in [0.05, 0.1) is 0 Å². The van der Waals surface area contributed by atoms with Crippen molar-refractivity contribution in [1.29, 1.82) is 0 Å². The fraction of sp³-hybridized carbons (Fsp3) is 0.316. The largest absolute Gasteiger partial charge is 0.370 e. The molecule has 0 spiro atoms. The monoisotopic (exact) mass is 339 g/mol. The van der Waals surface area contributed by atoms with Crippen LogP contribution in [-0.4, -0.2) is 35.5 Å². The molecule has 3 N–H and O–H groups in total. The summed E-state index contributed by atoms with van der Waals surface area (Å²) in [5, 5.41) is 9.21. The molecule has 0 aliphatic carbocycles. The van der Waals surface area contributed by atoms with E-state index in [0.29, 0.717) is 18.9 Å². The second-order valence-electron chi connectivity index (χ2n) is 5.62. The van der Waals surface area contributed by atoms with Gasteiger partial charge in [0, 0.05) is 31.8 Å². The molecule has 2 rings (SSSR count). The number of aromatic nitrogens is 2. The van der Waals surface area contributed by atoms with Gasteiger partial charge in [-0.3, -0.25) is 4.79 Å². The van der Waals surface area contributed by atoms with E-state index in [2.05, 4.69) is 25.9 Å². The number of hydrogen-bond donors (Lipinski definition) is 3. The smallest absolute Gasteiger partial charge is 0.244 e. The Morgan fingerprint density at radius 3 is 2.52 bits per heavy atom. The molecule has 1 amide bonds. The minimum absolute atomic E-state index is 0.114. The highest BCUT2D eigenvalue weighted by molar-refractivity contribution is 5.91. The van der Waals surface area contributed by atoms with Crippen molar-refractivity contribution in [3.05, 3.63) is 53.4 Å². The predicted octanol–water partition coefficient (Wildman–Crippen LogP) is 2.77. The number of rotatable bonds is 8. The first-order valence-corrected chi connectivity index (χ1v) is 8.43. The van der Waals surface area contributed by atoms with E-state index < -0.39 is 0 Å². The zero-order valence-electron chi connectivity index (χ0n) is 15.0. The van der Waals surface area contributed by atoms with Crippen LogP contribution >= 0.6 is 0 Å². The van der Waals surface area contributed by atoms with E-state index >= 15 is 0 Å². The zero-order chi connectivity index (χ0) is 18.1. The Morgan fingerprint density at radius 2 is 1.80 bits per heavy atom. The summed E-state index contributed by atoms with van der Waals surface area (Å²) in [5.74, 6) is 2.12. The quantitative estimate of drug-likeness (QED) is 0.509. The van der Waals surface area contributed by atoms with E-state index in [-0.39, 0.29) is 5.91 Å². The summed E-state index contributed by atoms with van der Waals surface area (Å²) in [6, 6.07) is 9.80. The topological polar surface area (TPSA) is 78.9 Å². The molecule has 1 aromatic heterocycles. The Kier molecular flexibility index (Phi) is 6.95. The van der Waals surface area contributed by atoms with Crippen molar-refractivity contribution in [3.63, 3.8) is 0 Å². The fourth-order valence-corrected chi connectivity index (χ4v) is 2.30. The second-order valence-corrected chi connectivity index (χ2v) is 5.62. The van der Waals surface area contributed by atoms with Crippen LogP contribution in [0.15, 0.2) is 36.4 Å². The summed E-state index contributed by atoms with van der Waals surface area (Å²) < 4.78 is 0. The number of benzene rings is 1. The standard InChI is InChI=1S/C19H25N5O/c1-4-20-17-13-18(24-15(3)23-17)21-11-12-22-19(25)10-9-16-8-6-5-7-14(16)2/h5-10,13H,4,11-12H2,1-3H3,(H,22,25)(H2,20,21,23,24)/b10-9+. The maximum Gasteiger partial charge on any atom is 0.244 e. The Balaban J connectivity index is 1.77. The third-order valence-corrected chi connectivity index (χ3v) is 3.53. The number of anilines is 2. The maximum atomic E-state index is 11.9. The summed E-state index contributed by atoms with van der Waals surface area (Å²) in [4.78, 5) is 20.5. The van der Waals surface area contributed by atoms with Crippen LogP contribution in [0.4, 0.5) is 11.6 Å². The van der Waals surface area contributed by atoms with E-state index in [4.69, 9.17) is 0 Å². The highest BCUT2D eigenvalue weighted by Crippen LogP contribution is 2.10. The molecule has 0 fully saturated rings. The molecular formula is C19H25N5O. The van der Waals surface area contributed by atoms with Crippen molar-refractivity contribution in [3.8, 4) is 0 Å². The van der Waals surface area contributed by atoms with E-state index in [0.717, 1.165) is 29.3 Å². The second kappa shape index (κ2) is 9.42. The summed E-state index contributed by atoms with van der Waals surface area (Å²) in [6.45, 7) is 7.79. The molecule has 2 aromatic rings. The predicted molar refractivity (Wildman–Crippen MR) is 103 cm³/mol. The van der Waals surface area contributed by atoms with Gasteiger partial charge in [0.2, 0.25) is 5.91 Å². The number of aryl methyl sites for hydroxylation is 2. The molecule has 25 heavy (non-hydrogen) atoms. The van der Waals surface area contributed by atoms with Gasteiger partial charge in [-0.1, -0.05) is 24.3 Å². The highest BCUT2D eigenvalue weighted by Gasteiger charge is 2.01. The van der Waals surface area contributed by atoms with Crippen molar-refractivity contribution < 1.29 is 4.79 Å². The van der Waals surface area contributed by atoms with Crippen LogP contribution in [-0.2, 0) is 4.79 Å². The summed E-state index contributed by atoms with van der Waals surface area (Å²) in [7, 11) is 0. The van der Waals surface area contributed by atoms with Crippen LogP contribution < -0.4 is 16.0 Å². The molecule has 6 nitrogen and oxygen atoms in total. The van der Waals surface area contributed by atoms with Crippen molar-refractivity contribution in [1.82, 2.24) is 15.3 Å². The molecule has 1 aromatic carbocycles. The van der Waals surface area contributed by atoms with Crippen LogP contribution in [0.25, 0.3) is 6.08 Å². The number of nitrogens with zero attached hydrogens (tertiary/aromatic N) is 2.